The molecule has 0 N–H and O–H groups in total. The van der Waals surface area contributed by atoms with Crippen LogP contribution in [0.15, 0.2) is 12.4 Å². The fourth-order valence-corrected chi connectivity index (χ4v) is 6.21. The van der Waals surface area contributed by atoms with E-state index in [1.807, 2.05) is 0 Å². The molecule has 0 aliphatic rings. The summed E-state index contributed by atoms with van der Waals surface area (Å²) in [6.45, 7) is 5.83. The Hall–Kier alpha value is -0.790. The minimum atomic E-state index is 1.21. The van der Waals surface area contributed by atoms with Gasteiger partial charge in [-0.15, -0.1) is 0 Å². The maximum atomic E-state index is 2.54. The number of unbranched alkanes of at least 4 members (excludes halogenated alkanes) is 27. The molecule has 230 valence electrons. The molecule has 0 fully saturated rings. The van der Waals surface area contributed by atoms with Crippen LogP contribution in [0.2, 0.25) is 0 Å². The predicted octanol–water partition coefficient (Wildman–Crippen LogP) is 12.2. The van der Waals surface area contributed by atoms with E-state index in [4.69, 9.17) is 0 Å². The van der Waals surface area contributed by atoms with Crippen molar-refractivity contribution in [3.63, 3.8) is 0 Å². The lowest BCUT2D eigenvalue weighted by Gasteiger charge is -2.05. The zero-order valence-electron chi connectivity index (χ0n) is 27.5. The third kappa shape index (κ3) is 22.6. The summed E-state index contributed by atoms with van der Waals surface area (Å²) in [5, 5.41) is 0. The highest BCUT2D eigenvalue weighted by atomic mass is 15.1. The van der Waals surface area contributed by atoms with Gasteiger partial charge in [-0.25, -0.2) is 9.13 Å². The van der Waals surface area contributed by atoms with Crippen LogP contribution in [0.1, 0.15) is 206 Å². The van der Waals surface area contributed by atoms with Gasteiger partial charge in [-0.2, -0.15) is 0 Å². The Labute approximate surface area is 247 Å². The Morgan fingerprint density at radius 1 is 0.436 bits per heavy atom. The molecule has 0 aliphatic heterocycles. The van der Waals surface area contributed by atoms with E-state index < -0.39 is 0 Å². The first-order valence-corrected chi connectivity index (χ1v) is 18.3. The van der Waals surface area contributed by atoms with Crippen LogP contribution in [0.4, 0.5) is 0 Å². The first kappa shape index (κ1) is 36.2. The number of aryl methyl sites for hydroxylation is 2. The molecule has 0 saturated carbocycles. The van der Waals surface area contributed by atoms with Crippen molar-refractivity contribution in [2.24, 2.45) is 7.05 Å². The minimum Gasteiger partial charge on any atom is -0.237 e. The third-order valence-electron chi connectivity index (χ3n) is 8.97. The molecule has 0 unspecified atom stereocenters. The molecule has 2 nitrogen and oxygen atoms in total. The van der Waals surface area contributed by atoms with Gasteiger partial charge in [-0.05, 0) is 19.3 Å². The summed E-state index contributed by atoms with van der Waals surface area (Å²) < 4.78 is 4.91. The Kier molecular flexibility index (Phi) is 26.7. The average Bonchev–Trinajstić information content (AvgIpc) is 3.29. The second-order valence-electron chi connectivity index (χ2n) is 12.8. The van der Waals surface area contributed by atoms with E-state index in [2.05, 4.69) is 42.4 Å². The normalized spacial score (nSPS) is 11.6. The van der Waals surface area contributed by atoms with Crippen LogP contribution in [-0.2, 0) is 20.0 Å². The molecule has 0 aliphatic carbocycles. The van der Waals surface area contributed by atoms with E-state index in [1.54, 1.807) is 5.82 Å². The molecule has 2 heteroatoms. The number of hydrogen-bond donors (Lipinski definition) is 0. The van der Waals surface area contributed by atoms with Gasteiger partial charge in [0.25, 0.3) is 5.82 Å². The predicted molar refractivity (Wildman–Crippen MR) is 175 cm³/mol. The molecule has 1 rings (SSSR count). The van der Waals surface area contributed by atoms with Crippen LogP contribution in [0, 0.1) is 0 Å². The van der Waals surface area contributed by atoms with Crippen molar-refractivity contribution in [2.75, 3.05) is 0 Å². The quantitative estimate of drug-likeness (QED) is 0.0648. The number of hydrogen-bond acceptors (Lipinski definition) is 0. The first-order chi connectivity index (χ1) is 19.3. The molecule has 0 aromatic carbocycles. The maximum absolute atomic E-state index is 2.54. The van der Waals surface area contributed by atoms with Crippen molar-refractivity contribution in [3.05, 3.63) is 18.2 Å². The molecule has 0 bridgehead atoms. The van der Waals surface area contributed by atoms with Gasteiger partial charge in [-0.1, -0.05) is 181 Å². The van der Waals surface area contributed by atoms with Crippen molar-refractivity contribution < 1.29 is 4.57 Å². The fourth-order valence-electron chi connectivity index (χ4n) is 6.21. The summed E-state index contributed by atoms with van der Waals surface area (Å²) in [5.74, 6) is 1.54. The first-order valence-electron chi connectivity index (χ1n) is 18.3. The number of rotatable bonds is 31. The highest BCUT2D eigenvalue weighted by molar-refractivity contribution is 4.84. The van der Waals surface area contributed by atoms with E-state index in [-0.39, 0.29) is 0 Å². The fraction of sp³-hybridized carbons (Fsp3) is 0.919. The summed E-state index contributed by atoms with van der Waals surface area (Å²) in [5.41, 5.74) is 0. The highest BCUT2D eigenvalue weighted by Gasteiger charge is 2.13. The SMILES string of the molecule is CCCCCCCCCCCCCCCCCCCc1n(CCCCCCCCCCCCCC)cc[n+]1C. The highest BCUT2D eigenvalue weighted by Crippen LogP contribution is 2.15. The Bertz CT molecular complexity index is 605. The molecular formula is C37H73N2+. The number of imidazole rings is 1. The van der Waals surface area contributed by atoms with Gasteiger partial charge >= 0.3 is 0 Å². The van der Waals surface area contributed by atoms with Crippen LogP contribution in [0.3, 0.4) is 0 Å². The van der Waals surface area contributed by atoms with Gasteiger partial charge in [0.05, 0.1) is 13.6 Å². The van der Waals surface area contributed by atoms with Crippen LogP contribution in [-0.4, -0.2) is 4.57 Å². The molecule has 1 aromatic heterocycles. The van der Waals surface area contributed by atoms with Crippen LogP contribution in [0.25, 0.3) is 0 Å². The van der Waals surface area contributed by atoms with Crippen LogP contribution < -0.4 is 4.57 Å². The molecule has 0 amide bonds. The van der Waals surface area contributed by atoms with Gasteiger partial charge in [0.15, 0.2) is 0 Å². The monoisotopic (exact) mass is 546 g/mol. The summed E-state index contributed by atoms with van der Waals surface area (Å²) in [4.78, 5) is 0. The molecular weight excluding hydrogens is 472 g/mol. The molecule has 1 heterocycles. The lowest BCUT2D eigenvalue weighted by atomic mass is 10.0. The van der Waals surface area contributed by atoms with E-state index in [0.717, 1.165) is 0 Å². The molecule has 0 spiro atoms. The Morgan fingerprint density at radius 3 is 1.10 bits per heavy atom. The molecule has 1 aromatic rings. The topological polar surface area (TPSA) is 8.81 Å². The maximum Gasteiger partial charge on any atom is 0.256 e. The van der Waals surface area contributed by atoms with Crippen molar-refractivity contribution in [3.8, 4) is 0 Å². The van der Waals surface area contributed by atoms with Crippen LogP contribution in [0.5, 0.6) is 0 Å². The van der Waals surface area contributed by atoms with Gasteiger partial charge in [0.1, 0.15) is 12.4 Å². The second kappa shape index (κ2) is 28.7. The Balaban J connectivity index is 1.90. The standard InChI is InChI=1S/C37H73N2/c1-4-6-8-10-12-14-16-18-19-20-21-22-23-25-27-29-31-33-37-38(3)35-36-39(37)34-32-30-28-26-24-17-15-13-11-9-7-5-2/h35-36H,4-34H2,1-3H3/q+1. The van der Waals surface area contributed by atoms with Crippen molar-refractivity contribution >= 4 is 0 Å². The minimum absolute atomic E-state index is 1.21. The summed E-state index contributed by atoms with van der Waals surface area (Å²) in [7, 11) is 2.24. The second-order valence-corrected chi connectivity index (χ2v) is 12.8. The molecule has 39 heavy (non-hydrogen) atoms. The van der Waals surface area contributed by atoms with Gasteiger partial charge in [-0.3, -0.25) is 0 Å². The van der Waals surface area contributed by atoms with E-state index in [1.165, 1.54) is 199 Å². The summed E-state index contributed by atoms with van der Waals surface area (Å²) in [6.07, 6.45) is 47.6. The summed E-state index contributed by atoms with van der Waals surface area (Å²) in [6, 6.07) is 0. The van der Waals surface area contributed by atoms with Crippen molar-refractivity contribution in [1.29, 1.82) is 0 Å². The third-order valence-corrected chi connectivity index (χ3v) is 8.97. The van der Waals surface area contributed by atoms with Crippen molar-refractivity contribution in [2.45, 2.75) is 213 Å². The zero-order valence-corrected chi connectivity index (χ0v) is 27.5. The van der Waals surface area contributed by atoms with Gasteiger partial charge in [0, 0.05) is 6.42 Å². The van der Waals surface area contributed by atoms with Gasteiger partial charge < -0.3 is 0 Å². The van der Waals surface area contributed by atoms with E-state index in [9.17, 15) is 0 Å². The van der Waals surface area contributed by atoms with E-state index >= 15 is 0 Å². The van der Waals surface area contributed by atoms with Crippen molar-refractivity contribution in [1.82, 2.24) is 4.57 Å². The molecule has 0 saturated heterocycles. The average molecular weight is 546 g/mol. The van der Waals surface area contributed by atoms with Crippen LogP contribution >= 0.6 is 0 Å². The van der Waals surface area contributed by atoms with E-state index in [0.29, 0.717) is 0 Å². The Morgan fingerprint density at radius 2 is 0.744 bits per heavy atom. The summed E-state index contributed by atoms with van der Waals surface area (Å²) >= 11 is 0. The molecule has 0 radical (unpaired) electrons. The molecule has 0 atom stereocenters. The largest absolute Gasteiger partial charge is 0.256 e. The zero-order chi connectivity index (χ0) is 28.1. The smallest absolute Gasteiger partial charge is 0.237 e. The lowest BCUT2D eigenvalue weighted by Crippen LogP contribution is -2.32. The lowest BCUT2D eigenvalue weighted by molar-refractivity contribution is -0.678. The number of nitrogens with zero attached hydrogens (tertiary/aromatic N) is 2. The number of aromatic nitrogens is 2. The van der Waals surface area contributed by atoms with Gasteiger partial charge in [0.2, 0.25) is 0 Å².